The van der Waals surface area contributed by atoms with E-state index in [0.29, 0.717) is 55.0 Å². The number of hydrogen-bond donors (Lipinski definition) is 3. The fraction of sp³-hybridized carbons (Fsp3) is 0.241. The summed E-state index contributed by atoms with van der Waals surface area (Å²) in [6, 6.07) is 17.4. The molecule has 4 N–H and O–H groups in total. The third kappa shape index (κ3) is 4.09. The van der Waals surface area contributed by atoms with Gasteiger partial charge in [-0.25, -0.2) is 4.39 Å². The molecule has 1 atom stereocenters. The number of rotatable bonds is 6. The zero-order valence-electron chi connectivity index (χ0n) is 21.0. The molecular weight excluding hydrogens is 485 g/mol. The van der Waals surface area contributed by atoms with Crippen LogP contribution in [0.2, 0.25) is 0 Å². The van der Waals surface area contributed by atoms with Crippen molar-refractivity contribution in [2.24, 2.45) is 0 Å². The van der Waals surface area contributed by atoms with Crippen LogP contribution in [0.3, 0.4) is 0 Å². The zero-order valence-corrected chi connectivity index (χ0v) is 21.0. The average Bonchev–Trinajstić information content (AvgIpc) is 3.28. The molecule has 0 fully saturated rings. The molecule has 0 radical (unpaired) electrons. The molecule has 2 aliphatic rings. The highest BCUT2D eigenvalue weighted by atomic mass is 19.1. The maximum Gasteiger partial charge on any atom is 0.258 e. The van der Waals surface area contributed by atoms with E-state index in [1.165, 1.54) is 12.1 Å². The molecule has 1 unspecified atom stereocenters. The number of nitrogens with two attached hydrogens (primary N) is 1. The van der Waals surface area contributed by atoms with E-state index < -0.39 is 5.82 Å². The van der Waals surface area contributed by atoms with Crippen molar-refractivity contribution in [3.63, 3.8) is 0 Å². The number of amides is 2. The number of para-hydroxylation sites is 2. The SMILES string of the molecule is CN1c2ccc(F)cc2C(=O)N2CCc3c([nH]c4ccc(OCCCC(=O)Nc5ccccc5N)cc34)C21. The van der Waals surface area contributed by atoms with Crippen molar-refractivity contribution in [3.8, 4) is 5.75 Å². The largest absolute Gasteiger partial charge is 0.494 e. The molecule has 0 aliphatic carbocycles. The lowest BCUT2D eigenvalue weighted by molar-refractivity contribution is -0.116. The number of nitrogen functional groups attached to an aromatic ring is 1. The Bertz CT molecular complexity index is 1570. The van der Waals surface area contributed by atoms with Crippen molar-refractivity contribution in [2.75, 3.05) is 36.1 Å². The summed E-state index contributed by atoms with van der Waals surface area (Å²) in [5.41, 5.74) is 11.2. The molecule has 0 saturated heterocycles. The van der Waals surface area contributed by atoms with E-state index in [2.05, 4.69) is 10.3 Å². The van der Waals surface area contributed by atoms with E-state index in [9.17, 15) is 14.0 Å². The molecule has 2 aliphatic heterocycles. The second-order valence-electron chi connectivity index (χ2n) is 9.71. The molecule has 8 nitrogen and oxygen atoms in total. The van der Waals surface area contributed by atoms with Crippen LogP contribution in [0, 0.1) is 5.82 Å². The summed E-state index contributed by atoms with van der Waals surface area (Å²) in [5, 5.41) is 3.88. The van der Waals surface area contributed by atoms with Crippen molar-refractivity contribution in [2.45, 2.75) is 25.4 Å². The third-order valence-corrected chi connectivity index (χ3v) is 7.32. The molecule has 38 heavy (non-hydrogen) atoms. The monoisotopic (exact) mass is 513 g/mol. The molecular formula is C29H28FN5O3. The Morgan fingerprint density at radius 2 is 2.03 bits per heavy atom. The highest BCUT2D eigenvalue weighted by Crippen LogP contribution is 2.43. The van der Waals surface area contributed by atoms with Crippen LogP contribution in [-0.4, -0.2) is 41.9 Å². The fourth-order valence-corrected chi connectivity index (χ4v) is 5.47. The van der Waals surface area contributed by atoms with Gasteiger partial charge in [0.1, 0.15) is 17.7 Å². The van der Waals surface area contributed by atoms with Gasteiger partial charge in [-0.2, -0.15) is 0 Å². The summed E-state index contributed by atoms with van der Waals surface area (Å²) in [5.74, 6) is 0.0428. The molecule has 1 aromatic heterocycles. The van der Waals surface area contributed by atoms with Crippen molar-refractivity contribution in [3.05, 3.63) is 83.3 Å². The second kappa shape index (κ2) is 9.41. The Hall–Kier alpha value is -4.53. The smallest absolute Gasteiger partial charge is 0.258 e. The number of H-pyrrole nitrogens is 1. The maximum atomic E-state index is 13.9. The van der Waals surface area contributed by atoms with Crippen LogP contribution < -0.4 is 20.7 Å². The molecule has 0 bridgehead atoms. The first-order chi connectivity index (χ1) is 18.4. The topological polar surface area (TPSA) is 104 Å². The van der Waals surface area contributed by atoms with Crippen molar-refractivity contribution >= 4 is 39.8 Å². The van der Waals surface area contributed by atoms with Crippen LogP contribution in [0.15, 0.2) is 60.7 Å². The van der Waals surface area contributed by atoms with Crippen molar-refractivity contribution in [1.82, 2.24) is 9.88 Å². The lowest BCUT2D eigenvalue weighted by atomic mass is 9.96. The number of nitrogens with one attached hydrogen (secondary N) is 2. The minimum Gasteiger partial charge on any atom is -0.494 e. The molecule has 0 saturated carbocycles. The quantitative estimate of drug-likeness (QED) is 0.253. The number of fused-ring (bicyclic) bond motifs is 6. The van der Waals surface area contributed by atoms with E-state index in [4.69, 9.17) is 10.5 Å². The van der Waals surface area contributed by atoms with Crippen LogP contribution in [-0.2, 0) is 11.2 Å². The molecule has 194 valence electrons. The summed E-state index contributed by atoms with van der Waals surface area (Å²) < 4.78 is 19.8. The first-order valence-electron chi connectivity index (χ1n) is 12.7. The number of anilines is 3. The first-order valence-corrected chi connectivity index (χ1v) is 12.7. The fourth-order valence-electron chi connectivity index (χ4n) is 5.47. The van der Waals surface area contributed by atoms with Crippen molar-refractivity contribution < 1.29 is 18.7 Å². The van der Waals surface area contributed by atoms with E-state index in [1.54, 1.807) is 23.1 Å². The van der Waals surface area contributed by atoms with E-state index in [0.717, 1.165) is 27.9 Å². The van der Waals surface area contributed by atoms with Crippen molar-refractivity contribution in [1.29, 1.82) is 0 Å². The minimum atomic E-state index is -0.415. The van der Waals surface area contributed by atoms with Gasteiger partial charge in [-0.3, -0.25) is 9.59 Å². The zero-order chi connectivity index (χ0) is 26.4. The van der Waals surface area contributed by atoms with Gasteiger partial charge in [0.25, 0.3) is 5.91 Å². The minimum absolute atomic E-state index is 0.110. The summed E-state index contributed by atoms with van der Waals surface area (Å²) in [6.45, 7) is 0.937. The Morgan fingerprint density at radius 3 is 2.87 bits per heavy atom. The summed E-state index contributed by atoms with van der Waals surface area (Å²) in [7, 11) is 1.93. The number of hydrogen-bond acceptors (Lipinski definition) is 5. The number of aromatic nitrogens is 1. The summed E-state index contributed by atoms with van der Waals surface area (Å²) in [6.07, 6.45) is 1.27. The van der Waals surface area contributed by atoms with Gasteiger partial charge in [-0.15, -0.1) is 0 Å². The molecule has 4 aromatic rings. The van der Waals surface area contributed by atoms with Gasteiger partial charge in [0.15, 0.2) is 0 Å². The van der Waals surface area contributed by atoms with Gasteiger partial charge >= 0.3 is 0 Å². The number of nitrogens with zero attached hydrogens (tertiary/aromatic N) is 2. The van der Waals surface area contributed by atoms with E-state index in [1.807, 2.05) is 42.3 Å². The highest BCUT2D eigenvalue weighted by molar-refractivity contribution is 6.02. The van der Waals surface area contributed by atoms with Gasteiger partial charge in [-0.1, -0.05) is 12.1 Å². The van der Waals surface area contributed by atoms with Gasteiger partial charge < -0.3 is 30.6 Å². The predicted octanol–water partition coefficient (Wildman–Crippen LogP) is 4.83. The first kappa shape index (κ1) is 23.8. The van der Waals surface area contributed by atoms with Gasteiger partial charge in [0, 0.05) is 30.9 Å². The number of carbonyl (C=O) groups excluding carboxylic acids is 2. The Morgan fingerprint density at radius 1 is 1.18 bits per heavy atom. The summed E-state index contributed by atoms with van der Waals surface area (Å²) >= 11 is 0. The van der Waals surface area contributed by atoms with Crippen LogP contribution in [0.5, 0.6) is 5.75 Å². The predicted molar refractivity (Wildman–Crippen MR) is 145 cm³/mol. The number of ether oxygens (including phenoxy) is 1. The van der Waals surface area contributed by atoms with Crippen LogP contribution in [0.1, 0.15) is 40.6 Å². The normalized spacial score (nSPS) is 16.2. The van der Waals surface area contributed by atoms with E-state index >= 15 is 0 Å². The maximum absolute atomic E-state index is 13.9. The molecule has 6 rings (SSSR count). The van der Waals surface area contributed by atoms with Gasteiger partial charge in [-0.05, 0) is 66.9 Å². The Labute approximate surface area is 219 Å². The Kier molecular flexibility index (Phi) is 5.90. The standard InChI is InChI=1S/C29H28FN5O3/c1-34-25-11-8-17(30)15-21(25)29(37)35-13-12-19-20-16-18(9-10-23(20)33-27(19)28(34)35)38-14-4-7-26(36)32-24-6-3-2-5-22(24)31/h2-3,5-6,8-11,15-16,28,33H,4,7,12-14,31H2,1H3,(H,32,36). The molecule has 9 heteroatoms. The summed E-state index contributed by atoms with van der Waals surface area (Å²) in [4.78, 5) is 32.8. The second-order valence-corrected chi connectivity index (χ2v) is 9.71. The van der Waals surface area contributed by atoms with E-state index in [-0.39, 0.29) is 18.0 Å². The van der Waals surface area contributed by atoms with Gasteiger partial charge in [0.05, 0.1) is 34.9 Å². The Balaban J connectivity index is 1.16. The number of aromatic amines is 1. The lowest BCUT2D eigenvalue weighted by Crippen LogP contribution is -2.51. The third-order valence-electron chi connectivity index (χ3n) is 7.32. The van der Waals surface area contributed by atoms with Crippen LogP contribution >= 0.6 is 0 Å². The number of benzene rings is 3. The number of carbonyl (C=O) groups is 2. The lowest BCUT2D eigenvalue weighted by Gasteiger charge is -2.46. The molecule has 3 aromatic carbocycles. The average molecular weight is 514 g/mol. The molecule has 0 spiro atoms. The molecule has 2 amide bonds. The van der Waals surface area contributed by atoms with Crippen LogP contribution in [0.25, 0.3) is 10.9 Å². The highest BCUT2D eigenvalue weighted by Gasteiger charge is 2.41. The van der Waals surface area contributed by atoms with Crippen LogP contribution in [0.4, 0.5) is 21.5 Å². The van der Waals surface area contributed by atoms with Gasteiger partial charge in [0.2, 0.25) is 5.91 Å². The molecule has 3 heterocycles. The number of halogens is 1.